The molecule has 0 aromatic carbocycles. The number of carbonyl (C=O) groups excluding carboxylic acids is 1. The maximum Gasteiger partial charge on any atom is 0.284 e. The standard InChI is InChI=1S/C6H5N4O/c7-6-9-4-3(1-2-8-4)5(11)10-6/h1-2,8H,(H2,7,9). The predicted molar refractivity (Wildman–Crippen MR) is 38.5 cm³/mol. The number of hydrogen-bond acceptors (Lipinski definition) is 3. The van der Waals surface area contributed by atoms with Crippen LogP contribution in [0.25, 0.3) is 0 Å². The van der Waals surface area contributed by atoms with Gasteiger partial charge in [0.2, 0.25) is 5.96 Å². The summed E-state index contributed by atoms with van der Waals surface area (Å²) in [5.74, 6) is 0.154. The molecule has 0 bridgehead atoms. The molecule has 0 spiro atoms. The number of nitrogens with two attached hydrogens (primary N) is 1. The Morgan fingerprint density at radius 3 is 3.18 bits per heavy atom. The van der Waals surface area contributed by atoms with E-state index in [-0.39, 0.29) is 11.9 Å². The topological polar surface area (TPSA) is 85.3 Å². The highest BCUT2D eigenvalue weighted by atomic mass is 16.2. The van der Waals surface area contributed by atoms with E-state index < -0.39 is 0 Å². The van der Waals surface area contributed by atoms with Crippen molar-refractivity contribution in [1.29, 1.82) is 0 Å². The molecule has 0 saturated carbocycles. The van der Waals surface area contributed by atoms with Crippen LogP contribution in [-0.4, -0.2) is 16.9 Å². The molecule has 0 fully saturated rings. The number of aromatic nitrogens is 1. The number of hydrogen-bond donors (Lipinski definition) is 2. The van der Waals surface area contributed by atoms with Gasteiger partial charge in [-0.2, -0.15) is 10.3 Å². The zero-order chi connectivity index (χ0) is 7.84. The monoisotopic (exact) mass is 149 g/mol. The molecule has 11 heavy (non-hydrogen) atoms. The molecular formula is C6H5N4O. The molecule has 0 saturated heterocycles. The van der Waals surface area contributed by atoms with E-state index in [1.807, 2.05) is 0 Å². The predicted octanol–water partition coefficient (Wildman–Crippen LogP) is -0.281. The quantitative estimate of drug-likeness (QED) is 0.531. The molecule has 0 aliphatic carbocycles. The first-order valence-electron chi connectivity index (χ1n) is 3.05. The molecule has 0 atom stereocenters. The second-order valence-corrected chi connectivity index (χ2v) is 2.13. The maximum atomic E-state index is 11.0. The summed E-state index contributed by atoms with van der Waals surface area (Å²) in [7, 11) is 0. The van der Waals surface area contributed by atoms with E-state index in [4.69, 9.17) is 5.73 Å². The normalized spacial score (nSPS) is 15.3. The van der Waals surface area contributed by atoms with Crippen LogP contribution in [0.2, 0.25) is 0 Å². The van der Waals surface area contributed by atoms with Crippen molar-refractivity contribution < 1.29 is 4.79 Å². The summed E-state index contributed by atoms with van der Waals surface area (Å²) in [6, 6.07) is 1.62. The zero-order valence-electron chi connectivity index (χ0n) is 5.53. The van der Waals surface area contributed by atoms with Gasteiger partial charge in [-0.3, -0.25) is 4.79 Å². The number of amides is 1. The first kappa shape index (κ1) is 5.96. The van der Waals surface area contributed by atoms with Crippen LogP contribution in [0.1, 0.15) is 10.4 Å². The average molecular weight is 149 g/mol. The second kappa shape index (κ2) is 1.85. The molecule has 5 heteroatoms. The smallest absolute Gasteiger partial charge is 0.284 e. The third-order valence-electron chi connectivity index (χ3n) is 1.40. The number of fused-ring (bicyclic) bond motifs is 1. The fourth-order valence-electron chi connectivity index (χ4n) is 0.930. The van der Waals surface area contributed by atoms with E-state index >= 15 is 0 Å². The summed E-state index contributed by atoms with van der Waals surface area (Å²) in [4.78, 5) is 17.6. The highest BCUT2D eigenvalue weighted by Crippen LogP contribution is 2.18. The number of nitrogens with one attached hydrogen (secondary N) is 1. The molecular weight excluding hydrogens is 144 g/mol. The van der Waals surface area contributed by atoms with Crippen molar-refractivity contribution in [2.45, 2.75) is 0 Å². The molecule has 55 valence electrons. The fourth-order valence-corrected chi connectivity index (χ4v) is 0.930. The Hall–Kier alpha value is -1.78. The van der Waals surface area contributed by atoms with Crippen LogP contribution in [0.15, 0.2) is 17.3 Å². The van der Waals surface area contributed by atoms with E-state index in [1.165, 1.54) is 0 Å². The van der Waals surface area contributed by atoms with Gasteiger partial charge in [-0.15, -0.1) is 0 Å². The minimum absolute atomic E-state index is 0.00458. The molecule has 1 amide bonds. The number of guanidine groups is 1. The van der Waals surface area contributed by atoms with Crippen LogP contribution in [0.4, 0.5) is 5.82 Å². The van der Waals surface area contributed by atoms with Crippen molar-refractivity contribution in [1.82, 2.24) is 10.3 Å². The Balaban J connectivity index is 2.60. The van der Waals surface area contributed by atoms with Gasteiger partial charge in [0.15, 0.2) is 0 Å². The Morgan fingerprint density at radius 1 is 1.55 bits per heavy atom. The van der Waals surface area contributed by atoms with Crippen LogP contribution in [0.3, 0.4) is 0 Å². The molecule has 2 rings (SSSR count). The SMILES string of the molecule is NC1=Nc2[nH]ccc2C(=O)[N]1. The number of H-pyrrole nitrogens is 1. The summed E-state index contributed by atoms with van der Waals surface area (Å²) in [6.45, 7) is 0. The van der Waals surface area contributed by atoms with Crippen LogP contribution in [-0.2, 0) is 0 Å². The van der Waals surface area contributed by atoms with Gasteiger partial charge < -0.3 is 10.7 Å². The van der Waals surface area contributed by atoms with Crippen LogP contribution in [0.5, 0.6) is 0 Å². The Kier molecular flexibility index (Phi) is 1.00. The van der Waals surface area contributed by atoms with Gasteiger partial charge in [-0.05, 0) is 6.07 Å². The van der Waals surface area contributed by atoms with E-state index in [2.05, 4.69) is 15.3 Å². The first-order chi connectivity index (χ1) is 5.27. The third kappa shape index (κ3) is 0.778. The van der Waals surface area contributed by atoms with E-state index in [0.717, 1.165) is 0 Å². The van der Waals surface area contributed by atoms with Crippen LogP contribution >= 0.6 is 0 Å². The lowest BCUT2D eigenvalue weighted by Gasteiger charge is -2.05. The van der Waals surface area contributed by atoms with E-state index in [1.54, 1.807) is 12.3 Å². The van der Waals surface area contributed by atoms with Gasteiger partial charge in [0.25, 0.3) is 5.91 Å². The summed E-state index contributed by atoms with van der Waals surface area (Å²) < 4.78 is 0. The lowest BCUT2D eigenvalue weighted by Crippen LogP contribution is -2.32. The van der Waals surface area contributed by atoms with Crippen molar-refractivity contribution in [3.8, 4) is 0 Å². The number of rotatable bonds is 0. The fraction of sp³-hybridized carbons (Fsp3) is 0. The zero-order valence-corrected chi connectivity index (χ0v) is 5.53. The van der Waals surface area contributed by atoms with Gasteiger partial charge in [0.1, 0.15) is 5.82 Å². The number of aromatic amines is 1. The Bertz CT molecular complexity index is 338. The summed E-state index contributed by atoms with van der Waals surface area (Å²) >= 11 is 0. The second-order valence-electron chi connectivity index (χ2n) is 2.13. The highest BCUT2D eigenvalue weighted by molar-refractivity contribution is 6.10. The molecule has 1 aliphatic rings. The molecule has 2 heterocycles. The van der Waals surface area contributed by atoms with Crippen molar-refractivity contribution >= 4 is 17.7 Å². The van der Waals surface area contributed by atoms with Crippen LogP contribution in [0, 0.1) is 0 Å². The summed E-state index contributed by atoms with van der Waals surface area (Å²) in [5.41, 5.74) is 5.71. The van der Waals surface area contributed by atoms with Crippen molar-refractivity contribution in [2.75, 3.05) is 0 Å². The lowest BCUT2D eigenvalue weighted by molar-refractivity contribution is 0.0972. The molecule has 0 unspecified atom stereocenters. The van der Waals surface area contributed by atoms with Gasteiger partial charge in [0.05, 0.1) is 5.56 Å². The van der Waals surface area contributed by atoms with Crippen molar-refractivity contribution in [3.05, 3.63) is 17.8 Å². The number of nitrogens with zero attached hydrogens (tertiary/aromatic N) is 2. The summed E-state index contributed by atoms with van der Waals surface area (Å²) in [5, 5.41) is 3.47. The van der Waals surface area contributed by atoms with Gasteiger partial charge in [0, 0.05) is 6.20 Å². The van der Waals surface area contributed by atoms with Gasteiger partial charge in [-0.1, -0.05) is 0 Å². The van der Waals surface area contributed by atoms with Crippen molar-refractivity contribution in [2.24, 2.45) is 10.7 Å². The van der Waals surface area contributed by atoms with Crippen LogP contribution < -0.4 is 11.1 Å². The third-order valence-corrected chi connectivity index (χ3v) is 1.40. The largest absolute Gasteiger partial charge is 0.368 e. The lowest BCUT2D eigenvalue weighted by atomic mass is 10.3. The number of carbonyl (C=O) groups is 1. The summed E-state index contributed by atoms with van der Waals surface area (Å²) in [6.07, 6.45) is 1.63. The van der Waals surface area contributed by atoms with E-state index in [0.29, 0.717) is 11.4 Å². The first-order valence-corrected chi connectivity index (χ1v) is 3.05. The van der Waals surface area contributed by atoms with Gasteiger partial charge >= 0.3 is 0 Å². The minimum Gasteiger partial charge on any atom is -0.368 e. The molecule has 5 nitrogen and oxygen atoms in total. The Labute approximate surface area is 62.3 Å². The Morgan fingerprint density at radius 2 is 2.36 bits per heavy atom. The molecule has 1 aliphatic heterocycles. The minimum atomic E-state index is -0.339. The molecule has 1 radical (unpaired) electrons. The average Bonchev–Trinajstić information content (AvgIpc) is 2.34. The molecule has 3 N–H and O–H groups in total. The van der Waals surface area contributed by atoms with Crippen molar-refractivity contribution in [3.63, 3.8) is 0 Å². The molecule has 1 aromatic heterocycles. The molecule has 1 aromatic rings. The maximum absolute atomic E-state index is 11.0. The highest BCUT2D eigenvalue weighted by Gasteiger charge is 2.19. The van der Waals surface area contributed by atoms with Gasteiger partial charge in [-0.25, -0.2) is 0 Å². The van der Waals surface area contributed by atoms with E-state index in [9.17, 15) is 4.79 Å². The number of aliphatic imine (C=N–C) groups is 1.